The highest BCUT2D eigenvalue weighted by molar-refractivity contribution is 4.94. The molecule has 0 radical (unpaired) electrons. The summed E-state index contributed by atoms with van der Waals surface area (Å²) in [7, 11) is 0. The van der Waals surface area contributed by atoms with E-state index in [1.54, 1.807) is 0 Å². The first-order valence-corrected chi connectivity index (χ1v) is 7.47. The lowest BCUT2D eigenvalue weighted by Gasteiger charge is -2.45. The lowest BCUT2D eigenvalue weighted by atomic mass is 9.83. The fourth-order valence-corrected chi connectivity index (χ4v) is 3.79. The highest BCUT2D eigenvalue weighted by Gasteiger charge is 2.41. The van der Waals surface area contributed by atoms with Crippen LogP contribution in [0.25, 0.3) is 0 Å². The topological polar surface area (TPSA) is 47.7 Å². The summed E-state index contributed by atoms with van der Waals surface area (Å²) in [6, 6.07) is 0.716. The van der Waals surface area contributed by atoms with Gasteiger partial charge in [0, 0.05) is 32.4 Å². The molecule has 3 rings (SSSR count). The zero-order valence-electron chi connectivity index (χ0n) is 11.3. The third kappa shape index (κ3) is 2.57. The Morgan fingerprint density at radius 3 is 2.72 bits per heavy atom. The Balaban J connectivity index is 1.60. The van der Waals surface area contributed by atoms with Crippen LogP contribution in [0.5, 0.6) is 0 Å². The Labute approximate surface area is 110 Å². The van der Waals surface area contributed by atoms with Crippen LogP contribution in [0.2, 0.25) is 0 Å². The van der Waals surface area contributed by atoms with E-state index in [1.807, 2.05) is 0 Å². The Bertz CT molecular complexity index is 273. The van der Waals surface area contributed by atoms with Crippen molar-refractivity contribution in [3.8, 4) is 0 Å². The van der Waals surface area contributed by atoms with Gasteiger partial charge in [0.15, 0.2) is 0 Å². The molecule has 0 saturated carbocycles. The zero-order chi connectivity index (χ0) is 12.4. The van der Waals surface area contributed by atoms with Gasteiger partial charge in [-0.1, -0.05) is 0 Å². The van der Waals surface area contributed by atoms with Crippen molar-refractivity contribution in [2.75, 3.05) is 39.5 Å². The summed E-state index contributed by atoms with van der Waals surface area (Å²) in [5.74, 6) is 0.721. The third-order valence-electron chi connectivity index (χ3n) is 5.04. The van der Waals surface area contributed by atoms with Crippen molar-refractivity contribution in [1.82, 2.24) is 4.90 Å². The first kappa shape index (κ1) is 12.9. The molecule has 0 aliphatic carbocycles. The van der Waals surface area contributed by atoms with Crippen LogP contribution in [0, 0.1) is 5.92 Å². The number of ether oxygens (including phenoxy) is 2. The van der Waals surface area contributed by atoms with Crippen molar-refractivity contribution in [2.45, 2.75) is 43.7 Å². The molecule has 4 nitrogen and oxygen atoms in total. The number of rotatable bonds is 2. The van der Waals surface area contributed by atoms with E-state index in [-0.39, 0.29) is 5.60 Å². The Morgan fingerprint density at radius 1 is 1.17 bits per heavy atom. The molecule has 0 aromatic heterocycles. The van der Waals surface area contributed by atoms with Crippen LogP contribution in [-0.2, 0) is 9.47 Å². The van der Waals surface area contributed by atoms with Gasteiger partial charge in [-0.25, -0.2) is 0 Å². The van der Waals surface area contributed by atoms with Gasteiger partial charge >= 0.3 is 0 Å². The lowest BCUT2D eigenvalue weighted by Crippen LogP contribution is -2.50. The molecule has 104 valence electrons. The maximum atomic E-state index is 6.12. The number of likely N-dealkylation sites (tertiary alicyclic amines) is 1. The lowest BCUT2D eigenvalue weighted by molar-refractivity contribution is -0.150. The summed E-state index contributed by atoms with van der Waals surface area (Å²) in [6.45, 7) is 5.95. The van der Waals surface area contributed by atoms with E-state index >= 15 is 0 Å². The molecular formula is C14H26N2O2. The molecule has 3 saturated heterocycles. The van der Waals surface area contributed by atoms with Gasteiger partial charge < -0.3 is 15.2 Å². The molecular weight excluding hydrogens is 228 g/mol. The minimum atomic E-state index is 0.127. The van der Waals surface area contributed by atoms with Gasteiger partial charge in [-0.3, -0.25) is 4.90 Å². The van der Waals surface area contributed by atoms with Crippen molar-refractivity contribution in [3.05, 3.63) is 0 Å². The molecule has 2 atom stereocenters. The summed E-state index contributed by atoms with van der Waals surface area (Å²) in [6.07, 6.45) is 5.84. The van der Waals surface area contributed by atoms with E-state index < -0.39 is 0 Å². The highest BCUT2D eigenvalue weighted by Crippen LogP contribution is 2.37. The summed E-state index contributed by atoms with van der Waals surface area (Å²) in [4.78, 5) is 2.66. The van der Waals surface area contributed by atoms with Crippen LogP contribution < -0.4 is 5.73 Å². The molecule has 0 aromatic rings. The average Bonchev–Trinajstić information content (AvgIpc) is 2.88. The molecule has 4 heteroatoms. The third-order valence-corrected chi connectivity index (χ3v) is 5.04. The number of nitrogens with zero attached hydrogens (tertiary/aromatic N) is 1. The molecule has 0 aromatic carbocycles. The maximum Gasteiger partial charge on any atom is 0.0741 e. The summed E-state index contributed by atoms with van der Waals surface area (Å²) in [5, 5.41) is 0. The van der Waals surface area contributed by atoms with Crippen LogP contribution in [0.1, 0.15) is 32.1 Å². The van der Waals surface area contributed by atoms with Gasteiger partial charge in [0.05, 0.1) is 5.60 Å². The largest absolute Gasteiger partial charge is 0.381 e. The fourth-order valence-electron chi connectivity index (χ4n) is 3.79. The van der Waals surface area contributed by atoms with Crippen LogP contribution in [0.3, 0.4) is 0 Å². The summed E-state index contributed by atoms with van der Waals surface area (Å²) in [5.41, 5.74) is 5.92. The molecule has 3 fully saturated rings. The van der Waals surface area contributed by atoms with Crippen molar-refractivity contribution >= 4 is 0 Å². The second-order valence-electron chi connectivity index (χ2n) is 6.18. The normalized spacial score (nSPS) is 37.2. The zero-order valence-corrected chi connectivity index (χ0v) is 11.3. The minimum Gasteiger partial charge on any atom is -0.381 e. The Kier molecular flexibility index (Phi) is 3.89. The van der Waals surface area contributed by atoms with Gasteiger partial charge in [0.1, 0.15) is 0 Å². The molecule has 0 bridgehead atoms. The molecule has 1 spiro atoms. The second kappa shape index (κ2) is 5.45. The predicted octanol–water partition coefficient (Wildman–Crippen LogP) is 0.995. The highest BCUT2D eigenvalue weighted by atomic mass is 16.5. The quantitative estimate of drug-likeness (QED) is 0.798. The van der Waals surface area contributed by atoms with Crippen LogP contribution >= 0.6 is 0 Å². The van der Waals surface area contributed by atoms with Crippen LogP contribution in [-0.4, -0.2) is 56.0 Å². The Hall–Kier alpha value is -0.160. The molecule has 0 amide bonds. The standard InChI is InChI=1S/C14H26N2O2/c15-10-12-1-5-16(11-12)13-2-6-18-14(9-13)3-7-17-8-4-14/h12-13H,1-11,15H2. The van der Waals surface area contributed by atoms with Crippen LogP contribution in [0.15, 0.2) is 0 Å². The molecule has 2 N–H and O–H groups in total. The molecule has 3 aliphatic heterocycles. The summed E-state index contributed by atoms with van der Waals surface area (Å²) >= 11 is 0. The van der Waals surface area contributed by atoms with Crippen LogP contribution in [0.4, 0.5) is 0 Å². The van der Waals surface area contributed by atoms with Gasteiger partial charge in [-0.2, -0.15) is 0 Å². The molecule has 3 aliphatic rings. The number of nitrogens with two attached hydrogens (primary N) is 1. The van der Waals surface area contributed by atoms with Crippen molar-refractivity contribution < 1.29 is 9.47 Å². The van der Waals surface area contributed by atoms with E-state index in [2.05, 4.69) is 4.90 Å². The van der Waals surface area contributed by atoms with E-state index in [1.165, 1.54) is 32.4 Å². The first-order valence-electron chi connectivity index (χ1n) is 7.47. The van der Waals surface area contributed by atoms with Crippen molar-refractivity contribution in [3.63, 3.8) is 0 Å². The van der Waals surface area contributed by atoms with Gasteiger partial charge in [-0.15, -0.1) is 0 Å². The second-order valence-corrected chi connectivity index (χ2v) is 6.18. The molecule has 18 heavy (non-hydrogen) atoms. The SMILES string of the molecule is NCC1CCN(C2CCOC3(CCOCC3)C2)C1. The first-order chi connectivity index (χ1) is 8.81. The Morgan fingerprint density at radius 2 is 2.00 bits per heavy atom. The monoisotopic (exact) mass is 254 g/mol. The smallest absolute Gasteiger partial charge is 0.0741 e. The predicted molar refractivity (Wildman–Crippen MR) is 70.5 cm³/mol. The van der Waals surface area contributed by atoms with E-state index in [4.69, 9.17) is 15.2 Å². The minimum absolute atomic E-state index is 0.127. The van der Waals surface area contributed by atoms with Gasteiger partial charge in [-0.05, 0) is 51.1 Å². The van der Waals surface area contributed by atoms with E-state index in [0.29, 0.717) is 6.04 Å². The number of hydrogen-bond acceptors (Lipinski definition) is 4. The van der Waals surface area contributed by atoms with E-state index in [9.17, 15) is 0 Å². The average molecular weight is 254 g/mol. The number of hydrogen-bond donors (Lipinski definition) is 1. The van der Waals surface area contributed by atoms with Crippen molar-refractivity contribution in [1.29, 1.82) is 0 Å². The van der Waals surface area contributed by atoms with E-state index in [0.717, 1.165) is 45.1 Å². The molecule has 2 unspecified atom stereocenters. The van der Waals surface area contributed by atoms with Crippen molar-refractivity contribution in [2.24, 2.45) is 11.7 Å². The van der Waals surface area contributed by atoms with Gasteiger partial charge in [0.25, 0.3) is 0 Å². The fraction of sp³-hybridized carbons (Fsp3) is 1.00. The van der Waals surface area contributed by atoms with Gasteiger partial charge in [0.2, 0.25) is 0 Å². The molecule has 3 heterocycles. The summed E-state index contributed by atoms with van der Waals surface area (Å²) < 4.78 is 11.6. The maximum absolute atomic E-state index is 6.12.